The smallest absolute Gasteiger partial charge is 0.246 e. The van der Waals surface area contributed by atoms with E-state index >= 15 is 0 Å². The van der Waals surface area contributed by atoms with Crippen molar-refractivity contribution in [2.45, 2.75) is 19.3 Å². The van der Waals surface area contributed by atoms with Gasteiger partial charge in [-0.25, -0.2) is 0 Å². The van der Waals surface area contributed by atoms with Gasteiger partial charge < -0.3 is 10.6 Å². The van der Waals surface area contributed by atoms with Crippen molar-refractivity contribution in [2.24, 2.45) is 11.7 Å². The first kappa shape index (κ1) is 16.2. The standard InChI is InChI=1S/C19H21N3O2/c20-17(23)13-14-8-11-22(12-9-14)18(24)7-6-16-4-1-3-15-5-2-10-21-19(15)16/h1-7,10,14H,8-9,11-13H2,(H2,20,23)/b7-6+. The van der Waals surface area contributed by atoms with Gasteiger partial charge in [0, 0.05) is 42.7 Å². The summed E-state index contributed by atoms with van der Waals surface area (Å²) in [6.45, 7) is 1.35. The molecule has 1 saturated heterocycles. The molecular formula is C19H21N3O2. The molecule has 1 aromatic heterocycles. The zero-order valence-electron chi connectivity index (χ0n) is 13.5. The second kappa shape index (κ2) is 7.25. The van der Waals surface area contributed by atoms with Gasteiger partial charge in [-0.2, -0.15) is 0 Å². The maximum atomic E-state index is 12.4. The van der Waals surface area contributed by atoms with Gasteiger partial charge in [-0.05, 0) is 30.9 Å². The molecule has 1 fully saturated rings. The summed E-state index contributed by atoms with van der Waals surface area (Å²) in [5.74, 6) is 0.0429. The fraction of sp³-hybridized carbons (Fsp3) is 0.316. The van der Waals surface area contributed by atoms with Crippen molar-refractivity contribution >= 4 is 28.8 Å². The summed E-state index contributed by atoms with van der Waals surface area (Å²) in [7, 11) is 0. The Labute approximate surface area is 141 Å². The lowest BCUT2D eigenvalue weighted by molar-refractivity contribution is -0.127. The van der Waals surface area contributed by atoms with Crippen molar-refractivity contribution in [2.75, 3.05) is 13.1 Å². The van der Waals surface area contributed by atoms with E-state index in [1.807, 2.05) is 41.3 Å². The first-order chi connectivity index (χ1) is 11.6. The quantitative estimate of drug-likeness (QED) is 0.878. The number of fused-ring (bicyclic) bond motifs is 1. The number of pyridine rings is 1. The number of primary amides is 1. The Morgan fingerprint density at radius 1 is 1.21 bits per heavy atom. The summed E-state index contributed by atoms with van der Waals surface area (Å²) in [5.41, 5.74) is 7.07. The summed E-state index contributed by atoms with van der Waals surface area (Å²) >= 11 is 0. The molecule has 1 aromatic carbocycles. The van der Waals surface area contributed by atoms with Crippen LogP contribution in [0, 0.1) is 5.92 Å². The third-order valence-electron chi connectivity index (χ3n) is 4.49. The SMILES string of the molecule is NC(=O)CC1CCN(C(=O)/C=C/c2cccc3cccnc23)CC1. The van der Waals surface area contributed by atoms with Crippen LogP contribution < -0.4 is 5.73 Å². The third kappa shape index (κ3) is 3.79. The van der Waals surface area contributed by atoms with E-state index in [0.717, 1.165) is 29.3 Å². The van der Waals surface area contributed by atoms with Crippen LogP contribution in [0.4, 0.5) is 0 Å². The molecule has 2 aromatic rings. The summed E-state index contributed by atoms with van der Waals surface area (Å²) in [5, 5.41) is 1.05. The maximum absolute atomic E-state index is 12.4. The zero-order chi connectivity index (χ0) is 16.9. The van der Waals surface area contributed by atoms with Crippen LogP contribution in [-0.2, 0) is 9.59 Å². The van der Waals surface area contributed by atoms with E-state index < -0.39 is 0 Å². The molecule has 1 aliphatic heterocycles. The van der Waals surface area contributed by atoms with Crippen molar-refractivity contribution in [3.8, 4) is 0 Å². The molecular weight excluding hydrogens is 302 g/mol. The van der Waals surface area contributed by atoms with E-state index in [1.165, 1.54) is 0 Å². The van der Waals surface area contributed by atoms with Crippen LogP contribution in [0.5, 0.6) is 0 Å². The number of likely N-dealkylation sites (tertiary alicyclic amines) is 1. The van der Waals surface area contributed by atoms with Gasteiger partial charge >= 0.3 is 0 Å². The summed E-state index contributed by atoms with van der Waals surface area (Å²) in [6.07, 6.45) is 7.27. The average molecular weight is 323 g/mol. The molecule has 0 aliphatic carbocycles. The highest BCUT2D eigenvalue weighted by molar-refractivity contribution is 5.95. The van der Waals surface area contributed by atoms with Gasteiger partial charge in [0.05, 0.1) is 5.52 Å². The predicted molar refractivity (Wildman–Crippen MR) is 93.9 cm³/mol. The van der Waals surface area contributed by atoms with E-state index in [4.69, 9.17) is 5.73 Å². The molecule has 2 heterocycles. The molecule has 5 heteroatoms. The third-order valence-corrected chi connectivity index (χ3v) is 4.49. The topological polar surface area (TPSA) is 76.3 Å². The van der Waals surface area contributed by atoms with E-state index in [-0.39, 0.29) is 11.8 Å². The number of nitrogens with two attached hydrogens (primary N) is 1. The molecule has 1 aliphatic rings. The lowest BCUT2D eigenvalue weighted by Crippen LogP contribution is -2.38. The molecule has 0 saturated carbocycles. The van der Waals surface area contributed by atoms with Gasteiger partial charge in [0.2, 0.25) is 11.8 Å². The molecule has 124 valence electrons. The summed E-state index contributed by atoms with van der Waals surface area (Å²) in [4.78, 5) is 29.6. The molecule has 0 unspecified atom stereocenters. The van der Waals surface area contributed by atoms with Gasteiger partial charge in [-0.15, -0.1) is 0 Å². The molecule has 24 heavy (non-hydrogen) atoms. The number of nitrogens with zero attached hydrogens (tertiary/aromatic N) is 2. The van der Waals surface area contributed by atoms with Crippen molar-refractivity contribution in [1.29, 1.82) is 0 Å². The first-order valence-electron chi connectivity index (χ1n) is 8.22. The van der Waals surface area contributed by atoms with Crippen molar-refractivity contribution < 1.29 is 9.59 Å². The Hall–Kier alpha value is -2.69. The highest BCUT2D eigenvalue weighted by Crippen LogP contribution is 2.21. The number of amides is 2. The Balaban J connectivity index is 1.64. The normalized spacial score (nSPS) is 15.9. The predicted octanol–water partition coefficient (Wildman–Crippen LogP) is 2.36. The largest absolute Gasteiger partial charge is 0.370 e. The Morgan fingerprint density at radius 3 is 2.71 bits per heavy atom. The van der Waals surface area contributed by atoms with Crippen LogP contribution in [0.15, 0.2) is 42.6 Å². The Bertz CT molecular complexity index is 772. The average Bonchev–Trinajstić information content (AvgIpc) is 2.59. The van der Waals surface area contributed by atoms with Crippen LogP contribution in [0.2, 0.25) is 0 Å². The lowest BCUT2D eigenvalue weighted by atomic mass is 9.93. The van der Waals surface area contributed by atoms with Gasteiger partial charge in [0.1, 0.15) is 0 Å². The van der Waals surface area contributed by atoms with Crippen molar-refractivity contribution in [3.05, 3.63) is 48.2 Å². The van der Waals surface area contributed by atoms with E-state index in [1.54, 1.807) is 12.3 Å². The Morgan fingerprint density at radius 2 is 1.96 bits per heavy atom. The molecule has 0 spiro atoms. The molecule has 3 rings (SSSR count). The number of hydrogen-bond donors (Lipinski definition) is 1. The maximum Gasteiger partial charge on any atom is 0.246 e. The molecule has 0 bridgehead atoms. The molecule has 2 N–H and O–H groups in total. The number of carbonyl (C=O) groups is 2. The number of aromatic nitrogens is 1. The van der Waals surface area contributed by atoms with Crippen LogP contribution in [0.1, 0.15) is 24.8 Å². The number of hydrogen-bond acceptors (Lipinski definition) is 3. The van der Waals surface area contributed by atoms with Crippen molar-refractivity contribution in [3.63, 3.8) is 0 Å². The van der Waals surface area contributed by atoms with Crippen LogP contribution >= 0.6 is 0 Å². The molecule has 2 amide bonds. The monoisotopic (exact) mass is 323 g/mol. The molecule has 0 radical (unpaired) electrons. The highest BCUT2D eigenvalue weighted by atomic mass is 16.2. The van der Waals surface area contributed by atoms with Gasteiger partial charge in [0.25, 0.3) is 0 Å². The molecule has 0 atom stereocenters. The second-order valence-corrected chi connectivity index (χ2v) is 6.19. The van der Waals surface area contributed by atoms with E-state index in [9.17, 15) is 9.59 Å². The highest BCUT2D eigenvalue weighted by Gasteiger charge is 2.22. The van der Waals surface area contributed by atoms with E-state index in [0.29, 0.717) is 25.4 Å². The summed E-state index contributed by atoms with van der Waals surface area (Å²) in [6, 6.07) is 9.83. The van der Waals surface area contributed by atoms with E-state index in [2.05, 4.69) is 4.98 Å². The van der Waals surface area contributed by atoms with Gasteiger partial charge in [-0.1, -0.05) is 24.3 Å². The van der Waals surface area contributed by atoms with Gasteiger partial charge in [-0.3, -0.25) is 14.6 Å². The Kier molecular flexibility index (Phi) is 4.89. The van der Waals surface area contributed by atoms with Gasteiger partial charge in [0.15, 0.2) is 0 Å². The first-order valence-corrected chi connectivity index (χ1v) is 8.22. The fourth-order valence-electron chi connectivity index (χ4n) is 3.17. The van der Waals surface area contributed by atoms with Crippen LogP contribution in [-0.4, -0.2) is 34.8 Å². The summed E-state index contributed by atoms with van der Waals surface area (Å²) < 4.78 is 0. The number of rotatable bonds is 4. The molecule has 5 nitrogen and oxygen atoms in total. The van der Waals surface area contributed by atoms with Crippen LogP contribution in [0.25, 0.3) is 17.0 Å². The lowest BCUT2D eigenvalue weighted by Gasteiger charge is -2.30. The number of para-hydroxylation sites is 1. The number of benzene rings is 1. The zero-order valence-corrected chi connectivity index (χ0v) is 13.5. The second-order valence-electron chi connectivity index (χ2n) is 6.19. The van der Waals surface area contributed by atoms with Crippen LogP contribution in [0.3, 0.4) is 0 Å². The number of carbonyl (C=O) groups excluding carboxylic acids is 2. The minimum atomic E-state index is -0.261. The minimum absolute atomic E-state index is 0.000425. The minimum Gasteiger partial charge on any atom is -0.370 e. The number of piperidine rings is 1. The fourth-order valence-corrected chi connectivity index (χ4v) is 3.17. The van der Waals surface area contributed by atoms with Crippen molar-refractivity contribution in [1.82, 2.24) is 9.88 Å².